The van der Waals surface area contributed by atoms with Gasteiger partial charge in [0, 0.05) is 11.3 Å². The highest BCUT2D eigenvalue weighted by Crippen LogP contribution is 2.81. The van der Waals surface area contributed by atoms with Crippen molar-refractivity contribution in [2.75, 3.05) is 13.2 Å². The van der Waals surface area contributed by atoms with E-state index in [0.29, 0.717) is 0 Å². The van der Waals surface area contributed by atoms with Crippen LogP contribution < -0.4 is 0 Å². The van der Waals surface area contributed by atoms with Crippen molar-refractivity contribution in [1.82, 2.24) is 0 Å². The number of aliphatic hydroxyl groups excluding tert-OH is 2. The molecule has 4 rings (SSSR count). The second-order valence-corrected chi connectivity index (χ2v) is 8.42. The lowest BCUT2D eigenvalue weighted by molar-refractivity contribution is -0.659. The molecule has 2 heterocycles. The van der Waals surface area contributed by atoms with E-state index in [1.807, 2.05) is 0 Å². The zero-order valence-electron chi connectivity index (χ0n) is 13.9. The minimum absolute atomic E-state index is 0.0967. The normalized spacial score (nSPS) is 61.5. The van der Waals surface area contributed by atoms with Gasteiger partial charge in [0.05, 0.1) is 13.2 Å². The monoisotopic (exact) mass is 314 g/mol. The van der Waals surface area contributed by atoms with E-state index in [4.69, 9.17) is 18.9 Å². The zero-order chi connectivity index (χ0) is 16.2. The van der Waals surface area contributed by atoms with Crippen molar-refractivity contribution in [2.45, 2.75) is 70.6 Å². The van der Waals surface area contributed by atoms with Gasteiger partial charge in [0.1, 0.15) is 0 Å². The molecule has 0 radical (unpaired) electrons. The number of hydrogen-bond acceptors (Lipinski definition) is 6. The first-order valence-electron chi connectivity index (χ1n) is 8.06. The van der Waals surface area contributed by atoms with Crippen LogP contribution in [0.3, 0.4) is 0 Å². The van der Waals surface area contributed by atoms with Crippen molar-refractivity contribution < 1.29 is 29.2 Å². The van der Waals surface area contributed by atoms with Gasteiger partial charge in [-0.05, 0) is 32.1 Å². The molecule has 2 aliphatic carbocycles. The van der Waals surface area contributed by atoms with Gasteiger partial charge >= 0.3 is 0 Å². The molecule has 126 valence electrons. The lowest BCUT2D eigenvalue weighted by atomic mass is 9.67. The molecule has 0 amide bonds. The summed E-state index contributed by atoms with van der Waals surface area (Å²) in [6.45, 7) is 9.55. The summed E-state index contributed by atoms with van der Waals surface area (Å²) in [6.07, 6.45) is 1.92. The Kier molecular flexibility index (Phi) is 2.58. The topological polar surface area (TPSA) is 77.4 Å². The van der Waals surface area contributed by atoms with Crippen LogP contribution in [0.15, 0.2) is 0 Å². The summed E-state index contributed by atoms with van der Waals surface area (Å²) >= 11 is 0. The van der Waals surface area contributed by atoms with Crippen LogP contribution in [0.2, 0.25) is 0 Å². The molecule has 2 unspecified atom stereocenters. The van der Waals surface area contributed by atoms with E-state index in [2.05, 4.69) is 20.8 Å². The van der Waals surface area contributed by atoms with Crippen LogP contribution >= 0.6 is 0 Å². The molecule has 2 atom stereocenters. The lowest BCUT2D eigenvalue weighted by Crippen LogP contribution is -2.84. The average molecular weight is 314 g/mol. The molecular formula is C16H26O6. The van der Waals surface area contributed by atoms with E-state index in [0.717, 1.165) is 12.8 Å². The summed E-state index contributed by atoms with van der Waals surface area (Å²) in [7, 11) is 0. The molecule has 2 saturated heterocycles. The molecule has 6 heteroatoms. The molecule has 2 N–H and O–H groups in total. The van der Waals surface area contributed by atoms with Crippen LogP contribution in [0, 0.1) is 16.7 Å². The van der Waals surface area contributed by atoms with Crippen LogP contribution in [0.5, 0.6) is 0 Å². The Morgan fingerprint density at radius 3 is 1.86 bits per heavy atom. The summed E-state index contributed by atoms with van der Waals surface area (Å²) in [5.74, 6) is -3.95. The first kappa shape index (κ1) is 15.3. The largest absolute Gasteiger partial charge is 0.391 e. The van der Waals surface area contributed by atoms with Crippen molar-refractivity contribution >= 4 is 0 Å². The molecule has 4 aliphatic rings. The van der Waals surface area contributed by atoms with Crippen molar-refractivity contribution in [3.8, 4) is 0 Å². The molecule has 4 fully saturated rings. The van der Waals surface area contributed by atoms with Crippen molar-refractivity contribution in [1.29, 1.82) is 0 Å². The molecular weight excluding hydrogens is 288 g/mol. The Bertz CT molecular complexity index is 517. The summed E-state index contributed by atoms with van der Waals surface area (Å²) in [6, 6.07) is 0. The van der Waals surface area contributed by atoms with Gasteiger partial charge < -0.3 is 29.2 Å². The first-order chi connectivity index (χ1) is 10.0. The van der Waals surface area contributed by atoms with Crippen molar-refractivity contribution in [3.63, 3.8) is 0 Å². The third-order valence-corrected chi connectivity index (χ3v) is 6.90. The average Bonchev–Trinajstić information content (AvgIpc) is 2.68. The fourth-order valence-corrected chi connectivity index (χ4v) is 5.41. The Balaban J connectivity index is 1.79. The smallest absolute Gasteiger partial charge is 0.235 e. The van der Waals surface area contributed by atoms with E-state index in [-0.39, 0.29) is 30.0 Å². The highest BCUT2D eigenvalue weighted by Gasteiger charge is 2.92. The maximum absolute atomic E-state index is 9.51. The Hall–Kier alpha value is -0.240. The summed E-state index contributed by atoms with van der Waals surface area (Å²) in [4.78, 5) is 0. The standard InChI is InChI=1S/C16H26O6/c1-11(2)10-6-7-12(11,3)16(21-14(5,9-18)22-16)15(10)19-13(4,8-17)20-15/h10,17-18H,6-9H2,1-5H3. The van der Waals surface area contributed by atoms with Gasteiger partial charge in [0.25, 0.3) is 0 Å². The third-order valence-electron chi connectivity index (χ3n) is 6.90. The van der Waals surface area contributed by atoms with Gasteiger partial charge in [-0.25, -0.2) is 0 Å². The van der Waals surface area contributed by atoms with Gasteiger partial charge in [-0.1, -0.05) is 20.8 Å². The number of hydrogen-bond donors (Lipinski definition) is 2. The molecule has 22 heavy (non-hydrogen) atoms. The molecule has 6 nitrogen and oxygen atoms in total. The molecule has 0 aromatic rings. The van der Waals surface area contributed by atoms with Crippen LogP contribution in [-0.4, -0.2) is 46.6 Å². The number of fused-ring (bicyclic) bond motifs is 5. The number of ether oxygens (including phenoxy) is 4. The molecule has 2 bridgehead atoms. The fraction of sp³-hybridized carbons (Fsp3) is 1.00. The lowest BCUT2D eigenvalue weighted by Gasteiger charge is -2.69. The van der Waals surface area contributed by atoms with Crippen molar-refractivity contribution in [2.24, 2.45) is 16.7 Å². The molecule has 2 aliphatic heterocycles. The highest BCUT2D eigenvalue weighted by atomic mass is 17.0. The van der Waals surface area contributed by atoms with Gasteiger partial charge in [-0.2, -0.15) is 0 Å². The fourth-order valence-electron chi connectivity index (χ4n) is 5.41. The maximum Gasteiger partial charge on any atom is 0.235 e. The summed E-state index contributed by atoms with van der Waals surface area (Å²) < 4.78 is 24.7. The van der Waals surface area contributed by atoms with E-state index in [1.54, 1.807) is 13.8 Å². The third kappa shape index (κ3) is 1.24. The Morgan fingerprint density at radius 1 is 0.864 bits per heavy atom. The Morgan fingerprint density at radius 2 is 1.36 bits per heavy atom. The van der Waals surface area contributed by atoms with Gasteiger partial charge in [-0.3, -0.25) is 0 Å². The van der Waals surface area contributed by atoms with Gasteiger partial charge in [0.15, 0.2) is 11.6 Å². The second-order valence-electron chi connectivity index (χ2n) is 8.42. The number of aliphatic hydroxyl groups is 2. The maximum atomic E-state index is 9.51. The van der Waals surface area contributed by atoms with Gasteiger partial charge in [-0.15, -0.1) is 0 Å². The summed E-state index contributed by atoms with van der Waals surface area (Å²) in [5.41, 5.74) is -0.378. The quantitative estimate of drug-likeness (QED) is 0.801. The van der Waals surface area contributed by atoms with E-state index in [1.165, 1.54) is 0 Å². The molecule has 0 aromatic carbocycles. The van der Waals surface area contributed by atoms with Crippen LogP contribution in [0.1, 0.15) is 47.5 Å². The van der Waals surface area contributed by atoms with Crippen LogP contribution in [-0.2, 0) is 18.9 Å². The minimum Gasteiger partial charge on any atom is -0.391 e. The van der Waals surface area contributed by atoms with Gasteiger partial charge in [0.2, 0.25) is 11.6 Å². The number of rotatable bonds is 2. The van der Waals surface area contributed by atoms with Crippen LogP contribution in [0.25, 0.3) is 0 Å². The second kappa shape index (κ2) is 3.71. The zero-order valence-corrected chi connectivity index (χ0v) is 13.9. The minimum atomic E-state index is -1.03. The summed E-state index contributed by atoms with van der Waals surface area (Å²) in [5, 5.41) is 19.0. The Labute approximate surface area is 130 Å². The van der Waals surface area contributed by atoms with Crippen LogP contribution in [0.4, 0.5) is 0 Å². The first-order valence-corrected chi connectivity index (χ1v) is 8.06. The predicted octanol–water partition coefficient (Wildman–Crippen LogP) is 1.35. The van der Waals surface area contributed by atoms with Crippen molar-refractivity contribution in [3.05, 3.63) is 0 Å². The molecule has 0 aromatic heterocycles. The highest BCUT2D eigenvalue weighted by molar-refractivity contribution is 5.28. The van der Waals surface area contributed by atoms with E-state index >= 15 is 0 Å². The van der Waals surface area contributed by atoms with E-state index < -0.39 is 23.1 Å². The molecule has 2 saturated carbocycles. The van der Waals surface area contributed by atoms with E-state index in [9.17, 15) is 10.2 Å². The molecule has 2 spiro atoms. The predicted molar refractivity (Wildman–Crippen MR) is 75.4 cm³/mol. The SMILES string of the molecule is CC1(CO)OC2(O1)C1CCC(C)(C1(C)C)C21OC(C)(CO)O1.